The number of carbonyl (C=O) groups is 1. The number of carbonyl (C=O) groups excluding carboxylic acids is 1. The first-order valence-corrected chi connectivity index (χ1v) is 7.24. The van der Waals surface area contributed by atoms with Crippen molar-refractivity contribution >= 4 is 6.09 Å². The predicted octanol–water partition coefficient (Wildman–Crippen LogP) is 3.08. The molecule has 2 heterocycles. The molecule has 0 saturated carbocycles. The van der Waals surface area contributed by atoms with Crippen molar-refractivity contribution in [2.24, 2.45) is 0 Å². The number of aromatic hydroxyl groups is 1. The summed E-state index contributed by atoms with van der Waals surface area (Å²) in [6.07, 6.45) is -0.515. The van der Waals surface area contributed by atoms with Crippen molar-refractivity contribution in [1.82, 2.24) is 15.5 Å². The van der Waals surface area contributed by atoms with Gasteiger partial charge in [0.2, 0.25) is 0 Å². The lowest BCUT2D eigenvalue weighted by molar-refractivity contribution is 0.131. The Hall–Kier alpha value is -2.57. The van der Waals surface area contributed by atoms with Crippen LogP contribution < -0.4 is 5.32 Å². The van der Waals surface area contributed by atoms with E-state index in [1.807, 2.05) is 20.8 Å². The Morgan fingerprint density at radius 2 is 2.00 bits per heavy atom. The molecule has 2 N–H and O–H groups in total. The highest BCUT2D eigenvalue weighted by atomic mass is 16.5. The van der Waals surface area contributed by atoms with Gasteiger partial charge in [-0.25, -0.2) is 9.78 Å². The van der Waals surface area contributed by atoms with Crippen molar-refractivity contribution < 1.29 is 19.2 Å². The van der Waals surface area contributed by atoms with Crippen LogP contribution in [0, 0.1) is 13.8 Å². The Kier molecular flexibility index (Phi) is 4.58. The maximum Gasteiger partial charge on any atom is 0.407 e. The normalized spacial score (nSPS) is 11.3. The van der Waals surface area contributed by atoms with Crippen LogP contribution in [0.3, 0.4) is 0 Å². The van der Waals surface area contributed by atoms with Gasteiger partial charge >= 0.3 is 6.09 Å². The van der Waals surface area contributed by atoms with E-state index in [0.29, 0.717) is 28.4 Å². The Bertz CT molecular complexity index is 717. The zero-order valence-corrected chi connectivity index (χ0v) is 13.9. The van der Waals surface area contributed by atoms with Crippen LogP contribution in [0.5, 0.6) is 5.75 Å². The first kappa shape index (κ1) is 16.8. The zero-order valence-electron chi connectivity index (χ0n) is 13.9. The zero-order chi connectivity index (χ0) is 17.2. The van der Waals surface area contributed by atoms with Crippen LogP contribution in [-0.4, -0.2) is 26.9 Å². The minimum Gasteiger partial charge on any atom is -0.506 e. The molecule has 2 rings (SSSR count). The number of amides is 1. The highest BCUT2D eigenvalue weighted by Gasteiger charge is 2.20. The number of rotatable bonds is 3. The fraction of sp³-hybridized carbons (Fsp3) is 0.438. The summed E-state index contributed by atoms with van der Waals surface area (Å²) in [4.78, 5) is 16.0. The van der Waals surface area contributed by atoms with Gasteiger partial charge in [-0.3, -0.25) is 0 Å². The minimum absolute atomic E-state index is 0.0220. The summed E-state index contributed by atoms with van der Waals surface area (Å²) in [5, 5.41) is 16.2. The summed E-state index contributed by atoms with van der Waals surface area (Å²) >= 11 is 0. The molecule has 7 heteroatoms. The van der Waals surface area contributed by atoms with Gasteiger partial charge in [0, 0.05) is 5.54 Å². The molecule has 2 aromatic rings. The van der Waals surface area contributed by atoms with Crippen molar-refractivity contribution in [2.75, 3.05) is 0 Å². The molecule has 0 saturated heterocycles. The second kappa shape index (κ2) is 6.28. The average molecular weight is 319 g/mol. The molecule has 7 nitrogen and oxygen atoms in total. The lowest BCUT2D eigenvalue weighted by atomic mass is 10.1. The number of nitrogens with one attached hydrogen (secondary N) is 1. The number of hydrogen-bond donors (Lipinski definition) is 2. The number of aryl methyl sites for hydroxylation is 2. The van der Waals surface area contributed by atoms with E-state index in [4.69, 9.17) is 9.26 Å². The Balaban J connectivity index is 2.19. The summed E-state index contributed by atoms with van der Waals surface area (Å²) in [5.41, 5.74) is 1.89. The molecule has 2 aromatic heterocycles. The molecule has 0 bridgehead atoms. The second-order valence-electron chi connectivity index (χ2n) is 6.33. The summed E-state index contributed by atoms with van der Waals surface area (Å²) in [6.45, 7) is 9.08. The molecular weight excluding hydrogens is 298 g/mol. The number of nitrogens with zero attached hydrogens (tertiary/aromatic N) is 2. The van der Waals surface area contributed by atoms with Gasteiger partial charge in [0.15, 0.2) is 5.76 Å². The van der Waals surface area contributed by atoms with E-state index in [0.717, 1.165) is 0 Å². The van der Waals surface area contributed by atoms with Crippen molar-refractivity contribution in [2.45, 2.75) is 46.8 Å². The number of aromatic nitrogens is 2. The van der Waals surface area contributed by atoms with E-state index in [9.17, 15) is 9.90 Å². The van der Waals surface area contributed by atoms with Crippen LogP contribution in [0.4, 0.5) is 4.79 Å². The van der Waals surface area contributed by atoms with Gasteiger partial charge in [-0.05, 0) is 46.8 Å². The van der Waals surface area contributed by atoms with Crippen LogP contribution in [-0.2, 0) is 11.3 Å². The molecule has 0 aromatic carbocycles. The monoisotopic (exact) mass is 319 g/mol. The topological polar surface area (TPSA) is 97.5 Å². The molecule has 0 atom stereocenters. The molecule has 0 unspecified atom stereocenters. The molecule has 0 fully saturated rings. The largest absolute Gasteiger partial charge is 0.506 e. The summed E-state index contributed by atoms with van der Waals surface area (Å²) < 4.78 is 10.5. The Morgan fingerprint density at radius 1 is 1.30 bits per heavy atom. The molecule has 0 radical (unpaired) electrons. The first-order valence-electron chi connectivity index (χ1n) is 7.24. The highest BCUT2D eigenvalue weighted by molar-refractivity contribution is 5.68. The summed E-state index contributed by atoms with van der Waals surface area (Å²) in [5.74, 6) is 0.529. The fourth-order valence-corrected chi connectivity index (χ4v) is 1.92. The first-order chi connectivity index (χ1) is 10.7. The van der Waals surface area contributed by atoms with E-state index in [2.05, 4.69) is 15.5 Å². The molecule has 0 aliphatic carbocycles. The number of alkyl carbamates (subject to hydrolysis) is 1. The maximum atomic E-state index is 11.8. The molecular formula is C16H21N3O4. The van der Waals surface area contributed by atoms with E-state index in [1.165, 1.54) is 6.07 Å². The highest BCUT2D eigenvalue weighted by Crippen LogP contribution is 2.27. The standard InChI is InChI=1S/C16H21N3O4/c1-9-11(8-22-15(21)18-16(3,4)5)14(23-19-9)12-6-7-13(20)10(2)17-12/h6-7,20H,8H2,1-5H3,(H,18,21). The van der Waals surface area contributed by atoms with Crippen molar-refractivity contribution in [3.8, 4) is 17.2 Å². The van der Waals surface area contributed by atoms with Crippen molar-refractivity contribution in [3.05, 3.63) is 29.1 Å². The molecule has 1 amide bonds. The van der Waals surface area contributed by atoms with Crippen LogP contribution in [0.15, 0.2) is 16.7 Å². The molecule has 0 aliphatic rings. The summed E-state index contributed by atoms with van der Waals surface area (Å²) in [7, 11) is 0. The number of pyridine rings is 1. The van der Waals surface area contributed by atoms with Gasteiger partial charge in [-0.1, -0.05) is 5.16 Å². The van der Waals surface area contributed by atoms with Gasteiger partial charge in [0.1, 0.15) is 18.1 Å². The van der Waals surface area contributed by atoms with Gasteiger partial charge in [-0.2, -0.15) is 0 Å². The SMILES string of the molecule is Cc1nc(-c2onc(C)c2COC(=O)NC(C)(C)C)ccc1O. The number of hydrogen-bond acceptors (Lipinski definition) is 6. The van der Waals surface area contributed by atoms with Gasteiger partial charge < -0.3 is 19.7 Å². The molecule has 124 valence electrons. The summed E-state index contributed by atoms with van der Waals surface area (Å²) in [6, 6.07) is 3.16. The predicted molar refractivity (Wildman–Crippen MR) is 83.9 cm³/mol. The molecule has 0 aliphatic heterocycles. The Morgan fingerprint density at radius 3 is 2.61 bits per heavy atom. The number of ether oxygens (including phenoxy) is 1. The fourth-order valence-electron chi connectivity index (χ4n) is 1.92. The van der Waals surface area contributed by atoms with E-state index < -0.39 is 6.09 Å². The Labute approximate surface area is 134 Å². The maximum absolute atomic E-state index is 11.8. The van der Waals surface area contributed by atoms with Gasteiger partial charge in [0.25, 0.3) is 0 Å². The van der Waals surface area contributed by atoms with Crippen LogP contribution >= 0.6 is 0 Å². The van der Waals surface area contributed by atoms with E-state index in [-0.39, 0.29) is 17.9 Å². The smallest absolute Gasteiger partial charge is 0.407 e. The third-order valence-corrected chi connectivity index (χ3v) is 3.10. The molecule has 23 heavy (non-hydrogen) atoms. The third-order valence-electron chi connectivity index (χ3n) is 3.10. The van der Waals surface area contributed by atoms with E-state index in [1.54, 1.807) is 19.9 Å². The lowest BCUT2D eigenvalue weighted by Crippen LogP contribution is -2.40. The minimum atomic E-state index is -0.515. The average Bonchev–Trinajstić information content (AvgIpc) is 2.79. The lowest BCUT2D eigenvalue weighted by Gasteiger charge is -2.19. The van der Waals surface area contributed by atoms with Gasteiger partial charge in [0.05, 0.1) is 17.0 Å². The van der Waals surface area contributed by atoms with Crippen LogP contribution in [0.25, 0.3) is 11.5 Å². The quantitative estimate of drug-likeness (QED) is 0.902. The van der Waals surface area contributed by atoms with Gasteiger partial charge in [-0.15, -0.1) is 0 Å². The third kappa shape index (κ3) is 4.21. The van der Waals surface area contributed by atoms with Crippen LogP contribution in [0.2, 0.25) is 0 Å². The molecule has 0 spiro atoms. The van der Waals surface area contributed by atoms with Crippen LogP contribution in [0.1, 0.15) is 37.7 Å². The van der Waals surface area contributed by atoms with Crippen molar-refractivity contribution in [1.29, 1.82) is 0 Å². The van der Waals surface area contributed by atoms with Crippen molar-refractivity contribution in [3.63, 3.8) is 0 Å². The van der Waals surface area contributed by atoms with E-state index >= 15 is 0 Å². The second-order valence-corrected chi connectivity index (χ2v) is 6.33.